The van der Waals surface area contributed by atoms with E-state index in [0.29, 0.717) is 22.9 Å². The number of nitrogens with zero attached hydrogens (tertiary/aromatic N) is 3. The van der Waals surface area contributed by atoms with Crippen LogP contribution in [0.15, 0.2) is 76.3 Å². The Bertz CT molecular complexity index is 1690. The van der Waals surface area contributed by atoms with E-state index in [9.17, 15) is 14.6 Å². The monoisotopic (exact) mass is 557 g/mol. The summed E-state index contributed by atoms with van der Waals surface area (Å²) in [5.74, 6) is -0.324. The van der Waals surface area contributed by atoms with Gasteiger partial charge in [-0.3, -0.25) is 4.79 Å². The number of thiophene rings is 2. The normalized spacial score (nSPS) is 14.3. The van der Waals surface area contributed by atoms with Crippen molar-refractivity contribution < 1.29 is 14.1 Å². The largest absolute Gasteiger partial charge is 0.587 e. The van der Waals surface area contributed by atoms with Gasteiger partial charge in [0.2, 0.25) is 0 Å². The summed E-state index contributed by atoms with van der Waals surface area (Å²) < 4.78 is 22.0. The van der Waals surface area contributed by atoms with Gasteiger partial charge < -0.3 is 14.2 Å². The average Bonchev–Trinajstić information content (AvgIpc) is 3.63. The van der Waals surface area contributed by atoms with E-state index in [1.54, 1.807) is 11.3 Å². The smallest absolute Gasteiger partial charge is 0.312 e. The number of aromatic nitrogens is 1. The van der Waals surface area contributed by atoms with Gasteiger partial charge in [0, 0.05) is 35.5 Å². The number of benzene rings is 2. The van der Waals surface area contributed by atoms with Crippen molar-refractivity contribution in [2.24, 2.45) is 5.92 Å². The maximum absolute atomic E-state index is 14.2. The summed E-state index contributed by atoms with van der Waals surface area (Å²) >= 11 is 1.47. The molecule has 0 amide bonds. The molecule has 6 nitrogen and oxygen atoms in total. The van der Waals surface area contributed by atoms with Crippen molar-refractivity contribution in [2.75, 3.05) is 25.1 Å². The van der Waals surface area contributed by atoms with Crippen LogP contribution in [0.1, 0.15) is 10.4 Å². The van der Waals surface area contributed by atoms with Gasteiger partial charge in [0.1, 0.15) is 33.5 Å². The lowest BCUT2D eigenvalue weighted by Crippen LogP contribution is -2.50. The molecule has 2 aromatic carbocycles. The Morgan fingerprint density at radius 3 is 2.61 bits per heavy atom. The third kappa shape index (κ3) is 4.10. The number of hydrogen-bond donors (Lipinski definition) is 0. The van der Waals surface area contributed by atoms with Gasteiger partial charge in [0.15, 0.2) is 4.90 Å². The van der Waals surface area contributed by atoms with Gasteiger partial charge in [-0.1, -0.05) is 29.8 Å². The van der Waals surface area contributed by atoms with E-state index in [2.05, 4.69) is 17.0 Å². The molecule has 3 aromatic heterocycles. The van der Waals surface area contributed by atoms with Crippen molar-refractivity contribution >= 4 is 55.9 Å². The zero-order valence-electron chi connectivity index (χ0n) is 20.7. The minimum absolute atomic E-state index is 0.133. The van der Waals surface area contributed by atoms with E-state index in [0.717, 1.165) is 43.9 Å². The van der Waals surface area contributed by atoms with Crippen LogP contribution in [0.4, 0.5) is 5.69 Å². The molecule has 1 saturated heterocycles. The van der Waals surface area contributed by atoms with Gasteiger partial charge in [-0.05, 0) is 54.1 Å². The van der Waals surface area contributed by atoms with Gasteiger partial charge in [0.05, 0.1) is 17.7 Å². The maximum atomic E-state index is 14.2. The van der Waals surface area contributed by atoms with Gasteiger partial charge in [-0.25, -0.2) is 0 Å². The lowest BCUT2D eigenvalue weighted by Gasteiger charge is -2.39. The molecule has 5 aromatic rings. The highest BCUT2D eigenvalue weighted by Crippen LogP contribution is 2.47. The SMILES string of the molecule is COC(=O)C1CN(c2cccc(-c3c(-c4ccsc4C#N)c4sccc4n3[S+]([O-])c3ccc(C)cc3)c2)C1. The zero-order chi connectivity index (χ0) is 26.4. The molecule has 1 unspecified atom stereocenters. The van der Waals surface area contributed by atoms with Crippen molar-refractivity contribution in [3.05, 3.63) is 81.9 Å². The highest BCUT2D eigenvalue weighted by Gasteiger charge is 2.35. The molecule has 1 aliphatic rings. The van der Waals surface area contributed by atoms with Crippen LogP contribution in [0, 0.1) is 24.2 Å². The number of esters is 1. The number of fused-ring (bicyclic) bond motifs is 1. The molecule has 190 valence electrons. The van der Waals surface area contributed by atoms with Crippen LogP contribution in [-0.2, 0) is 20.9 Å². The fourth-order valence-corrected chi connectivity index (χ4v) is 7.83. The van der Waals surface area contributed by atoms with Crippen LogP contribution in [0.25, 0.3) is 32.6 Å². The molecule has 1 fully saturated rings. The third-order valence-electron chi connectivity index (χ3n) is 6.86. The molecule has 0 saturated carbocycles. The predicted octanol–water partition coefficient (Wildman–Crippen LogP) is 6.46. The number of carbonyl (C=O) groups excluding carboxylic acids is 1. The van der Waals surface area contributed by atoms with E-state index >= 15 is 0 Å². The topological polar surface area (TPSA) is 81.3 Å². The van der Waals surface area contributed by atoms with Crippen LogP contribution >= 0.6 is 22.7 Å². The molecule has 0 radical (unpaired) electrons. The van der Waals surface area contributed by atoms with Crippen molar-refractivity contribution in [2.45, 2.75) is 11.8 Å². The Labute approximate surface area is 231 Å². The standard InChI is InChI=1S/C29H23N3O3S3/c1-18-6-8-22(9-7-18)38(34)32-24-11-13-37-28(24)26(23-10-12-36-25(23)15-30)27(32)19-4-3-5-21(14-19)31-16-20(17-31)29(33)35-2/h3-14,20H,16-17H2,1-2H3. The van der Waals surface area contributed by atoms with E-state index in [1.165, 1.54) is 18.4 Å². The van der Waals surface area contributed by atoms with Crippen LogP contribution in [-0.4, -0.2) is 34.7 Å². The van der Waals surface area contributed by atoms with E-state index in [-0.39, 0.29) is 11.9 Å². The third-order valence-corrected chi connectivity index (χ3v) is 9.98. The highest BCUT2D eigenvalue weighted by molar-refractivity contribution is 7.90. The molecule has 0 bridgehead atoms. The lowest BCUT2D eigenvalue weighted by atomic mass is 9.97. The summed E-state index contributed by atoms with van der Waals surface area (Å²) in [5, 5.41) is 13.8. The van der Waals surface area contributed by atoms with E-state index in [4.69, 9.17) is 4.74 Å². The highest BCUT2D eigenvalue weighted by atomic mass is 32.2. The number of anilines is 1. The van der Waals surface area contributed by atoms with E-state index in [1.807, 2.05) is 76.3 Å². The van der Waals surface area contributed by atoms with Gasteiger partial charge >= 0.3 is 5.97 Å². The molecule has 0 spiro atoms. The number of hydrogen-bond acceptors (Lipinski definition) is 7. The first-order valence-electron chi connectivity index (χ1n) is 12.0. The number of rotatable bonds is 6. The fraction of sp³-hybridized carbons (Fsp3) is 0.172. The zero-order valence-corrected chi connectivity index (χ0v) is 23.2. The first-order chi connectivity index (χ1) is 18.5. The van der Waals surface area contributed by atoms with Gasteiger partial charge in [0.25, 0.3) is 0 Å². The van der Waals surface area contributed by atoms with Crippen molar-refractivity contribution in [3.63, 3.8) is 0 Å². The van der Waals surface area contributed by atoms with Gasteiger partial charge in [-0.2, -0.15) is 9.23 Å². The minimum Gasteiger partial charge on any atom is -0.587 e. The first-order valence-corrected chi connectivity index (χ1v) is 14.9. The molecule has 38 heavy (non-hydrogen) atoms. The second-order valence-corrected chi connectivity index (χ2v) is 12.3. The second-order valence-electron chi connectivity index (χ2n) is 9.17. The second kappa shape index (κ2) is 9.97. The first kappa shape index (κ1) is 24.8. The number of ether oxygens (including phenoxy) is 1. The number of methoxy groups -OCH3 is 1. The quantitative estimate of drug-likeness (QED) is 0.177. The number of carbonyl (C=O) groups is 1. The number of aryl methyl sites for hydroxylation is 1. The summed E-state index contributed by atoms with van der Waals surface area (Å²) in [6.45, 7) is 3.20. The Kier molecular flexibility index (Phi) is 6.50. The van der Waals surface area contributed by atoms with E-state index < -0.39 is 11.4 Å². The summed E-state index contributed by atoms with van der Waals surface area (Å²) in [6, 6.07) is 22.2. The molecule has 0 N–H and O–H groups in total. The van der Waals surface area contributed by atoms with Crippen molar-refractivity contribution in [1.82, 2.24) is 3.97 Å². The maximum Gasteiger partial charge on any atom is 0.312 e. The predicted molar refractivity (Wildman–Crippen MR) is 154 cm³/mol. The molecule has 0 aliphatic carbocycles. The molecular formula is C29H23N3O3S3. The molecule has 1 aliphatic heterocycles. The minimum atomic E-state index is -1.52. The Morgan fingerprint density at radius 2 is 1.87 bits per heavy atom. The summed E-state index contributed by atoms with van der Waals surface area (Å²) in [5.41, 5.74) is 6.43. The summed E-state index contributed by atoms with van der Waals surface area (Å²) in [6.07, 6.45) is 0. The molecular weight excluding hydrogens is 535 g/mol. The Hall–Kier alpha value is -3.55. The molecule has 1 atom stereocenters. The summed E-state index contributed by atoms with van der Waals surface area (Å²) in [4.78, 5) is 15.4. The Morgan fingerprint density at radius 1 is 1.11 bits per heavy atom. The van der Waals surface area contributed by atoms with Gasteiger partial charge in [-0.15, -0.1) is 22.7 Å². The molecule has 9 heteroatoms. The van der Waals surface area contributed by atoms with Crippen LogP contribution in [0.3, 0.4) is 0 Å². The number of nitriles is 1. The molecule has 4 heterocycles. The molecule has 6 rings (SSSR count). The average molecular weight is 558 g/mol. The van der Waals surface area contributed by atoms with Crippen LogP contribution in [0.5, 0.6) is 0 Å². The fourth-order valence-electron chi connectivity index (χ4n) is 4.87. The van der Waals surface area contributed by atoms with Crippen LogP contribution in [0.2, 0.25) is 0 Å². The lowest BCUT2D eigenvalue weighted by molar-refractivity contribution is -0.146. The van der Waals surface area contributed by atoms with Crippen molar-refractivity contribution in [3.8, 4) is 28.5 Å². The van der Waals surface area contributed by atoms with Crippen LogP contribution < -0.4 is 4.90 Å². The van der Waals surface area contributed by atoms with Crippen molar-refractivity contribution in [1.29, 1.82) is 5.26 Å². The summed E-state index contributed by atoms with van der Waals surface area (Å²) in [7, 11) is 1.42. The Balaban J connectivity index is 1.54.